The average Bonchev–Trinajstić information content (AvgIpc) is 3.11. The van der Waals surface area contributed by atoms with E-state index in [1.165, 1.54) is 11.3 Å². The van der Waals surface area contributed by atoms with Gasteiger partial charge in [0.2, 0.25) is 5.91 Å². The van der Waals surface area contributed by atoms with Crippen molar-refractivity contribution in [2.24, 2.45) is 17.6 Å². The number of aliphatic hydroxyl groups is 3. The summed E-state index contributed by atoms with van der Waals surface area (Å²) in [5.41, 5.74) is 6.08. The number of primary amides is 1. The van der Waals surface area contributed by atoms with Crippen LogP contribution in [0, 0.1) is 11.8 Å². The number of rotatable bonds is 12. The monoisotopic (exact) mass is 463 g/mol. The Morgan fingerprint density at radius 3 is 2.62 bits per heavy atom. The maximum atomic E-state index is 10.7. The minimum absolute atomic E-state index is 0.0188. The lowest BCUT2D eigenvalue weighted by Crippen LogP contribution is -2.23. The summed E-state index contributed by atoms with van der Waals surface area (Å²) in [6.07, 6.45) is 7.86. The summed E-state index contributed by atoms with van der Waals surface area (Å²) in [5.74, 6) is -0.348. The van der Waals surface area contributed by atoms with E-state index in [-0.39, 0.29) is 17.7 Å². The van der Waals surface area contributed by atoms with Crippen LogP contribution < -0.4 is 5.73 Å². The first-order valence-corrected chi connectivity index (χ1v) is 11.8. The molecule has 0 aromatic carbocycles. The van der Waals surface area contributed by atoms with Crippen LogP contribution in [0.3, 0.4) is 0 Å². The van der Waals surface area contributed by atoms with Crippen molar-refractivity contribution in [3.05, 3.63) is 32.5 Å². The van der Waals surface area contributed by atoms with Crippen molar-refractivity contribution in [3.8, 4) is 0 Å². The lowest BCUT2D eigenvalue weighted by atomic mass is 9.85. The van der Waals surface area contributed by atoms with E-state index >= 15 is 0 Å². The highest BCUT2D eigenvalue weighted by molar-refractivity contribution is 7.20. The summed E-state index contributed by atoms with van der Waals surface area (Å²) >= 11 is 13.4. The van der Waals surface area contributed by atoms with Gasteiger partial charge in [0, 0.05) is 6.42 Å². The van der Waals surface area contributed by atoms with Crippen molar-refractivity contribution in [3.63, 3.8) is 0 Å². The van der Waals surface area contributed by atoms with Crippen molar-refractivity contribution < 1.29 is 20.1 Å². The van der Waals surface area contributed by atoms with E-state index in [0.29, 0.717) is 53.6 Å². The average molecular weight is 464 g/mol. The van der Waals surface area contributed by atoms with Gasteiger partial charge in [0.1, 0.15) is 0 Å². The molecule has 1 aliphatic carbocycles. The van der Waals surface area contributed by atoms with Crippen molar-refractivity contribution in [2.45, 2.75) is 76.1 Å². The van der Waals surface area contributed by atoms with Gasteiger partial charge in [-0.2, -0.15) is 0 Å². The van der Waals surface area contributed by atoms with Crippen molar-refractivity contribution in [1.29, 1.82) is 0 Å². The Labute approximate surface area is 186 Å². The standard InChI is InChI=1S/C21H31Cl2NO4S/c22-19-11-13(21(23)29-19)7-8-14(25)9-10-16-15(17(26)12-18(16)27)5-3-1-2-4-6-20(24)28/h1,3,11,14-18,25-27H,2,4-10,12H2,(H2,24,28)/b3-1+. The Hall–Kier alpha value is -0.630. The highest BCUT2D eigenvalue weighted by atomic mass is 35.5. The van der Waals surface area contributed by atoms with E-state index in [1.54, 1.807) is 0 Å². The number of thiophene rings is 1. The Kier molecular flexibility index (Phi) is 10.4. The predicted octanol–water partition coefficient (Wildman–Crippen LogP) is 4.09. The number of hydrogen-bond acceptors (Lipinski definition) is 5. The van der Waals surface area contributed by atoms with Gasteiger partial charge in [-0.15, -0.1) is 11.3 Å². The fourth-order valence-corrected chi connectivity index (χ4v) is 5.61. The number of aryl methyl sites for hydroxylation is 1. The van der Waals surface area contributed by atoms with Gasteiger partial charge >= 0.3 is 0 Å². The molecule has 0 spiro atoms. The van der Waals surface area contributed by atoms with Crippen molar-refractivity contribution in [1.82, 2.24) is 0 Å². The first kappa shape index (κ1) is 24.6. The maximum Gasteiger partial charge on any atom is 0.217 e. The van der Waals surface area contributed by atoms with Crippen LogP contribution >= 0.6 is 34.5 Å². The second-order valence-corrected chi connectivity index (χ2v) is 10.2. The van der Waals surface area contributed by atoms with E-state index in [4.69, 9.17) is 28.9 Å². The van der Waals surface area contributed by atoms with Crippen LogP contribution in [-0.2, 0) is 11.2 Å². The van der Waals surface area contributed by atoms with Gasteiger partial charge < -0.3 is 21.1 Å². The number of nitrogens with two attached hydrogens (primary N) is 1. The SMILES string of the molecule is NC(=O)CCC/C=C/CC1C(O)CC(O)C1CCC(O)CCc1cc(Cl)sc1Cl. The van der Waals surface area contributed by atoms with Gasteiger partial charge in [0.05, 0.1) is 27.0 Å². The molecule has 29 heavy (non-hydrogen) atoms. The van der Waals surface area contributed by atoms with E-state index < -0.39 is 18.3 Å². The quantitative estimate of drug-likeness (QED) is 0.276. The molecule has 1 saturated carbocycles. The number of halogens is 2. The molecule has 2 rings (SSSR count). The molecule has 1 aromatic rings. The topological polar surface area (TPSA) is 104 Å². The lowest BCUT2D eigenvalue weighted by Gasteiger charge is -2.23. The third kappa shape index (κ3) is 8.19. The van der Waals surface area contributed by atoms with Crippen LogP contribution in [0.2, 0.25) is 8.67 Å². The van der Waals surface area contributed by atoms with Gasteiger partial charge in [0.15, 0.2) is 0 Å². The summed E-state index contributed by atoms with van der Waals surface area (Å²) in [6.45, 7) is 0. The highest BCUT2D eigenvalue weighted by Crippen LogP contribution is 2.39. The van der Waals surface area contributed by atoms with Crippen molar-refractivity contribution in [2.75, 3.05) is 0 Å². The summed E-state index contributed by atoms with van der Waals surface area (Å²) in [4.78, 5) is 10.7. The first-order chi connectivity index (χ1) is 13.8. The molecule has 0 radical (unpaired) electrons. The molecule has 0 saturated heterocycles. The molecule has 1 fully saturated rings. The van der Waals surface area contributed by atoms with Gasteiger partial charge in [0.25, 0.3) is 0 Å². The number of carbonyl (C=O) groups is 1. The minimum Gasteiger partial charge on any atom is -0.393 e. The van der Waals surface area contributed by atoms with Gasteiger partial charge in [-0.25, -0.2) is 0 Å². The molecule has 5 N–H and O–H groups in total. The minimum atomic E-state index is -0.546. The van der Waals surface area contributed by atoms with Crippen LogP contribution in [0.5, 0.6) is 0 Å². The lowest BCUT2D eigenvalue weighted by molar-refractivity contribution is -0.118. The van der Waals surface area contributed by atoms with E-state index in [0.717, 1.165) is 18.4 Å². The number of aliphatic hydroxyl groups excluding tert-OH is 3. The number of allylic oxidation sites excluding steroid dienone is 2. The molecule has 0 aliphatic heterocycles. The summed E-state index contributed by atoms with van der Waals surface area (Å²) in [7, 11) is 0. The summed E-state index contributed by atoms with van der Waals surface area (Å²) in [6, 6.07) is 1.84. The van der Waals surface area contributed by atoms with Crippen LogP contribution in [0.4, 0.5) is 0 Å². The normalized spacial score (nSPS) is 25.7. The van der Waals surface area contributed by atoms with E-state index in [2.05, 4.69) is 0 Å². The predicted molar refractivity (Wildman–Crippen MR) is 118 cm³/mol. The molecule has 5 unspecified atom stereocenters. The Balaban J connectivity index is 1.76. The van der Waals surface area contributed by atoms with Crippen LogP contribution in [0.1, 0.15) is 56.9 Å². The Morgan fingerprint density at radius 2 is 1.97 bits per heavy atom. The summed E-state index contributed by atoms with van der Waals surface area (Å²) < 4.78 is 1.31. The zero-order chi connectivity index (χ0) is 21.4. The van der Waals surface area contributed by atoms with Gasteiger partial charge in [-0.1, -0.05) is 35.4 Å². The molecular formula is C21H31Cl2NO4S. The molecule has 5 nitrogen and oxygen atoms in total. The molecule has 5 atom stereocenters. The molecule has 1 aliphatic rings. The number of unbranched alkanes of at least 4 members (excludes halogenated alkanes) is 1. The number of amides is 1. The van der Waals surface area contributed by atoms with Crippen molar-refractivity contribution >= 4 is 40.4 Å². The molecule has 0 bridgehead atoms. The summed E-state index contributed by atoms with van der Waals surface area (Å²) in [5, 5.41) is 31.0. The second-order valence-electron chi connectivity index (χ2n) is 7.88. The maximum absolute atomic E-state index is 10.7. The molecule has 8 heteroatoms. The molecule has 1 heterocycles. The Morgan fingerprint density at radius 1 is 1.24 bits per heavy atom. The third-order valence-electron chi connectivity index (χ3n) is 5.70. The smallest absolute Gasteiger partial charge is 0.217 e. The zero-order valence-electron chi connectivity index (χ0n) is 16.5. The molecule has 1 amide bonds. The van der Waals surface area contributed by atoms with Gasteiger partial charge in [-0.3, -0.25) is 4.79 Å². The first-order valence-electron chi connectivity index (χ1n) is 10.2. The van der Waals surface area contributed by atoms with Crippen LogP contribution in [0.15, 0.2) is 18.2 Å². The van der Waals surface area contributed by atoms with Crippen LogP contribution in [-0.4, -0.2) is 39.5 Å². The zero-order valence-corrected chi connectivity index (χ0v) is 18.8. The number of hydrogen-bond donors (Lipinski definition) is 4. The van der Waals surface area contributed by atoms with Gasteiger partial charge in [-0.05, 0) is 74.8 Å². The van der Waals surface area contributed by atoms with E-state index in [1.807, 2.05) is 18.2 Å². The second kappa shape index (κ2) is 12.3. The fraction of sp³-hybridized carbons (Fsp3) is 0.667. The highest BCUT2D eigenvalue weighted by Gasteiger charge is 2.40. The molecule has 164 valence electrons. The van der Waals surface area contributed by atoms with E-state index in [9.17, 15) is 20.1 Å². The number of carbonyl (C=O) groups excluding carboxylic acids is 1. The third-order valence-corrected chi connectivity index (χ3v) is 7.27. The Bertz CT molecular complexity index is 682. The molecular weight excluding hydrogens is 433 g/mol. The molecule has 1 aromatic heterocycles. The fourth-order valence-electron chi connectivity index (χ4n) is 4.07. The van der Waals surface area contributed by atoms with Crippen LogP contribution in [0.25, 0.3) is 0 Å². The largest absolute Gasteiger partial charge is 0.393 e.